The molecule has 0 atom stereocenters. The lowest BCUT2D eigenvalue weighted by Crippen LogP contribution is -2.47. The number of ether oxygens (including phenoxy) is 1. The van der Waals surface area contributed by atoms with Gasteiger partial charge in [0.2, 0.25) is 0 Å². The number of fused-ring (bicyclic) bond motifs is 1. The second-order valence-electron chi connectivity index (χ2n) is 10.8. The van der Waals surface area contributed by atoms with Crippen molar-refractivity contribution in [2.24, 2.45) is 0 Å². The van der Waals surface area contributed by atoms with E-state index in [0.717, 1.165) is 62.6 Å². The Balaban J connectivity index is 1.10. The molecule has 5 rings (SSSR count). The molecule has 1 N–H and O–H groups in total. The zero-order valence-electron chi connectivity index (χ0n) is 24.1. The summed E-state index contributed by atoms with van der Waals surface area (Å²) in [6, 6.07) is 20.3. The zero-order valence-corrected chi connectivity index (χ0v) is 24.1. The molecule has 8 nitrogen and oxygen atoms in total. The van der Waals surface area contributed by atoms with Gasteiger partial charge in [0, 0.05) is 38.3 Å². The molecular formula is C33H38N4O4. The van der Waals surface area contributed by atoms with E-state index in [1.165, 1.54) is 11.0 Å². The largest absolute Gasteiger partial charge is 0.489 e. The Labute approximate surface area is 241 Å². The monoisotopic (exact) mass is 554 g/mol. The predicted molar refractivity (Wildman–Crippen MR) is 161 cm³/mol. The average Bonchev–Trinajstić information content (AvgIpc) is 3.24. The number of hydrogen-bond acceptors (Lipinski definition) is 6. The molecule has 3 aromatic carbocycles. The molecule has 214 valence electrons. The third-order valence-electron chi connectivity index (χ3n) is 7.63. The van der Waals surface area contributed by atoms with Crippen molar-refractivity contribution in [1.82, 2.24) is 10.2 Å². The molecule has 1 fully saturated rings. The molecule has 0 aromatic heterocycles. The number of amides is 3. The number of hydrogen-bond donors (Lipinski definition) is 1. The van der Waals surface area contributed by atoms with Crippen LogP contribution in [0.5, 0.6) is 5.75 Å². The normalized spacial score (nSPS) is 15.4. The number of piperazine rings is 1. The van der Waals surface area contributed by atoms with Crippen LogP contribution < -0.4 is 19.9 Å². The number of para-hydroxylation sites is 2. The van der Waals surface area contributed by atoms with E-state index in [1.807, 2.05) is 44.2 Å². The average molecular weight is 555 g/mol. The van der Waals surface area contributed by atoms with Crippen LogP contribution in [-0.2, 0) is 6.42 Å². The van der Waals surface area contributed by atoms with E-state index in [2.05, 4.69) is 28.1 Å². The summed E-state index contributed by atoms with van der Waals surface area (Å²) in [7, 11) is 0. The molecule has 0 unspecified atom stereocenters. The van der Waals surface area contributed by atoms with Crippen LogP contribution in [0.15, 0.2) is 66.7 Å². The maximum Gasteiger partial charge on any atom is 0.266 e. The van der Waals surface area contributed by atoms with Crippen molar-refractivity contribution in [3.05, 3.63) is 89.0 Å². The van der Waals surface area contributed by atoms with Gasteiger partial charge in [-0.2, -0.15) is 0 Å². The van der Waals surface area contributed by atoms with E-state index in [1.54, 1.807) is 24.3 Å². The molecule has 0 saturated carbocycles. The van der Waals surface area contributed by atoms with Crippen LogP contribution in [-0.4, -0.2) is 68.0 Å². The Morgan fingerprint density at radius 1 is 0.902 bits per heavy atom. The number of carbonyl (C=O) groups excluding carboxylic acids is 3. The van der Waals surface area contributed by atoms with Gasteiger partial charge in [0.25, 0.3) is 17.7 Å². The molecule has 2 aliphatic heterocycles. The topological polar surface area (TPSA) is 82.2 Å². The lowest BCUT2D eigenvalue weighted by atomic mass is 10.1. The van der Waals surface area contributed by atoms with Crippen LogP contribution in [0.3, 0.4) is 0 Å². The molecule has 2 aliphatic rings. The van der Waals surface area contributed by atoms with E-state index < -0.39 is 5.91 Å². The summed E-state index contributed by atoms with van der Waals surface area (Å²) < 4.78 is 6.00. The minimum absolute atomic E-state index is 0.130. The Kier molecular flexibility index (Phi) is 8.69. The maximum absolute atomic E-state index is 13.1. The maximum atomic E-state index is 13.1. The van der Waals surface area contributed by atoms with Crippen LogP contribution in [0, 0.1) is 0 Å². The van der Waals surface area contributed by atoms with Gasteiger partial charge in [-0.1, -0.05) is 31.2 Å². The van der Waals surface area contributed by atoms with Crippen molar-refractivity contribution < 1.29 is 19.1 Å². The molecule has 3 amide bonds. The first-order valence-corrected chi connectivity index (χ1v) is 14.5. The molecule has 0 aliphatic carbocycles. The van der Waals surface area contributed by atoms with E-state index in [4.69, 9.17) is 4.74 Å². The van der Waals surface area contributed by atoms with Gasteiger partial charge < -0.3 is 15.0 Å². The molecule has 8 heteroatoms. The standard InChI is InChI=1S/C33H38N4O4/c1-4-24-10-13-26(14-11-24)37-32(39)27-15-12-25(22-28(27)33(37)40)31(38)34-16-7-17-35-18-20-36(21-19-35)29-8-5-6-9-30(29)41-23(2)3/h5-6,8-15,22-23H,4,7,16-21H2,1-3H3,(H,34,38). The smallest absolute Gasteiger partial charge is 0.266 e. The van der Waals surface area contributed by atoms with Gasteiger partial charge in [-0.25, -0.2) is 4.90 Å². The van der Waals surface area contributed by atoms with E-state index in [-0.39, 0.29) is 23.5 Å². The first-order chi connectivity index (χ1) is 19.9. The fraction of sp³-hybridized carbons (Fsp3) is 0.364. The minimum Gasteiger partial charge on any atom is -0.489 e. The Hall–Kier alpha value is -4.17. The summed E-state index contributed by atoms with van der Waals surface area (Å²) in [6.45, 7) is 11.3. The minimum atomic E-state index is -0.401. The van der Waals surface area contributed by atoms with Crippen molar-refractivity contribution in [2.45, 2.75) is 39.7 Å². The highest BCUT2D eigenvalue weighted by molar-refractivity contribution is 6.34. The second kappa shape index (κ2) is 12.6. The summed E-state index contributed by atoms with van der Waals surface area (Å²) in [5, 5.41) is 2.97. The first-order valence-electron chi connectivity index (χ1n) is 14.5. The first kappa shape index (κ1) is 28.4. The van der Waals surface area contributed by atoms with Crippen LogP contribution in [0.2, 0.25) is 0 Å². The van der Waals surface area contributed by atoms with Gasteiger partial charge in [-0.3, -0.25) is 19.3 Å². The lowest BCUT2D eigenvalue weighted by molar-refractivity contribution is 0.0923. The Morgan fingerprint density at radius 3 is 2.32 bits per heavy atom. The molecule has 0 radical (unpaired) electrons. The summed E-state index contributed by atoms with van der Waals surface area (Å²) in [5.74, 6) is -0.0846. The quantitative estimate of drug-likeness (QED) is 0.287. The van der Waals surface area contributed by atoms with E-state index in [9.17, 15) is 14.4 Å². The SMILES string of the molecule is CCc1ccc(N2C(=O)c3ccc(C(=O)NCCCN4CCN(c5ccccc5OC(C)C)CC4)cc3C2=O)cc1. The van der Waals surface area contributed by atoms with Gasteiger partial charge in [-0.05, 0) is 81.3 Å². The molecule has 1 saturated heterocycles. The van der Waals surface area contributed by atoms with Crippen molar-refractivity contribution in [2.75, 3.05) is 49.1 Å². The van der Waals surface area contributed by atoms with Crippen LogP contribution >= 0.6 is 0 Å². The van der Waals surface area contributed by atoms with Crippen LogP contribution in [0.25, 0.3) is 0 Å². The second-order valence-corrected chi connectivity index (χ2v) is 10.8. The van der Waals surface area contributed by atoms with Crippen LogP contribution in [0.1, 0.15) is 63.8 Å². The van der Waals surface area contributed by atoms with E-state index in [0.29, 0.717) is 23.4 Å². The van der Waals surface area contributed by atoms with Crippen molar-refractivity contribution in [3.8, 4) is 5.75 Å². The molecule has 0 spiro atoms. The number of carbonyl (C=O) groups is 3. The third kappa shape index (κ3) is 6.28. The highest BCUT2D eigenvalue weighted by atomic mass is 16.5. The highest BCUT2D eigenvalue weighted by Gasteiger charge is 2.37. The Bertz CT molecular complexity index is 1410. The number of benzene rings is 3. The zero-order chi connectivity index (χ0) is 28.9. The number of aryl methyl sites for hydroxylation is 1. The number of anilines is 2. The number of nitrogens with zero attached hydrogens (tertiary/aromatic N) is 3. The van der Waals surface area contributed by atoms with Gasteiger partial charge in [0.05, 0.1) is 28.6 Å². The molecule has 41 heavy (non-hydrogen) atoms. The van der Waals surface area contributed by atoms with Gasteiger partial charge in [-0.15, -0.1) is 0 Å². The summed E-state index contributed by atoms with van der Waals surface area (Å²) in [5.41, 5.74) is 3.77. The Morgan fingerprint density at radius 2 is 1.61 bits per heavy atom. The van der Waals surface area contributed by atoms with Gasteiger partial charge in [0.15, 0.2) is 0 Å². The van der Waals surface area contributed by atoms with Gasteiger partial charge in [0.1, 0.15) is 5.75 Å². The predicted octanol–water partition coefficient (Wildman–Crippen LogP) is 4.78. The van der Waals surface area contributed by atoms with Gasteiger partial charge >= 0.3 is 0 Å². The number of imide groups is 1. The molecule has 2 heterocycles. The summed E-state index contributed by atoms with van der Waals surface area (Å²) >= 11 is 0. The van der Waals surface area contributed by atoms with Crippen LogP contribution in [0.4, 0.5) is 11.4 Å². The van der Waals surface area contributed by atoms with Crippen molar-refractivity contribution >= 4 is 29.1 Å². The third-order valence-corrected chi connectivity index (χ3v) is 7.63. The summed E-state index contributed by atoms with van der Waals surface area (Å²) in [4.78, 5) is 44.9. The number of nitrogens with one attached hydrogen (secondary N) is 1. The highest BCUT2D eigenvalue weighted by Crippen LogP contribution is 2.31. The molecule has 0 bridgehead atoms. The summed E-state index contributed by atoms with van der Waals surface area (Å²) in [6.07, 6.45) is 1.83. The lowest BCUT2D eigenvalue weighted by Gasteiger charge is -2.37. The molecular weight excluding hydrogens is 516 g/mol. The fourth-order valence-electron chi connectivity index (χ4n) is 5.39. The number of rotatable bonds is 10. The van der Waals surface area contributed by atoms with Crippen molar-refractivity contribution in [3.63, 3.8) is 0 Å². The van der Waals surface area contributed by atoms with E-state index >= 15 is 0 Å². The molecule has 3 aromatic rings. The fourth-order valence-corrected chi connectivity index (χ4v) is 5.39. The van der Waals surface area contributed by atoms with Crippen molar-refractivity contribution in [1.29, 1.82) is 0 Å².